The van der Waals surface area contributed by atoms with Gasteiger partial charge < -0.3 is 5.32 Å². The first kappa shape index (κ1) is 14.6. The summed E-state index contributed by atoms with van der Waals surface area (Å²) in [5.41, 5.74) is 1.45. The van der Waals surface area contributed by atoms with Crippen LogP contribution in [0.25, 0.3) is 10.8 Å². The highest BCUT2D eigenvalue weighted by atomic mass is 15.2. The summed E-state index contributed by atoms with van der Waals surface area (Å²) in [4.78, 5) is 2.63. The van der Waals surface area contributed by atoms with Gasteiger partial charge in [0.15, 0.2) is 0 Å². The zero-order valence-electron chi connectivity index (χ0n) is 13.3. The van der Waals surface area contributed by atoms with Crippen molar-refractivity contribution < 1.29 is 0 Å². The molecule has 1 fully saturated rings. The van der Waals surface area contributed by atoms with Crippen molar-refractivity contribution in [3.63, 3.8) is 0 Å². The van der Waals surface area contributed by atoms with E-state index in [9.17, 15) is 0 Å². The van der Waals surface area contributed by atoms with Gasteiger partial charge in [0.1, 0.15) is 0 Å². The van der Waals surface area contributed by atoms with Gasteiger partial charge in [-0.1, -0.05) is 56.3 Å². The van der Waals surface area contributed by atoms with E-state index in [0.717, 1.165) is 19.6 Å². The molecule has 3 rings (SSSR count). The van der Waals surface area contributed by atoms with Gasteiger partial charge in [0.05, 0.1) is 0 Å². The van der Waals surface area contributed by atoms with Crippen molar-refractivity contribution in [3.05, 3.63) is 48.0 Å². The Labute approximate surface area is 128 Å². The van der Waals surface area contributed by atoms with Gasteiger partial charge in [0.2, 0.25) is 0 Å². The molecule has 2 heteroatoms. The zero-order chi connectivity index (χ0) is 14.8. The molecule has 0 bridgehead atoms. The maximum Gasteiger partial charge on any atom is 0.0243 e. The average molecular weight is 282 g/mol. The van der Waals surface area contributed by atoms with Crippen LogP contribution >= 0.6 is 0 Å². The Hall–Kier alpha value is -1.38. The Kier molecular flexibility index (Phi) is 4.27. The molecule has 2 unspecified atom stereocenters. The van der Waals surface area contributed by atoms with E-state index in [2.05, 4.69) is 73.5 Å². The van der Waals surface area contributed by atoms with Gasteiger partial charge in [-0.05, 0) is 29.2 Å². The minimum Gasteiger partial charge on any atom is -0.311 e. The van der Waals surface area contributed by atoms with Crippen molar-refractivity contribution in [2.24, 2.45) is 5.92 Å². The van der Waals surface area contributed by atoms with Crippen LogP contribution in [0.3, 0.4) is 0 Å². The molecule has 1 aliphatic heterocycles. The van der Waals surface area contributed by atoms with E-state index in [1.807, 2.05) is 0 Å². The summed E-state index contributed by atoms with van der Waals surface area (Å²) in [5, 5.41) is 6.42. The van der Waals surface area contributed by atoms with Crippen molar-refractivity contribution in [2.75, 3.05) is 13.1 Å². The van der Waals surface area contributed by atoms with Gasteiger partial charge in [-0.3, -0.25) is 4.90 Å². The molecule has 2 atom stereocenters. The summed E-state index contributed by atoms with van der Waals surface area (Å²) in [6, 6.07) is 16.6. The van der Waals surface area contributed by atoms with Crippen molar-refractivity contribution in [1.29, 1.82) is 0 Å². The fourth-order valence-electron chi connectivity index (χ4n) is 3.26. The predicted octanol–water partition coefficient (Wildman–Crippen LogP) is 3.66. The molecule has 1 heterocycles. The highest BCUT2D eigenvalue weighted by molar-refractivity contribution is 5.85. The molecule has 0 saturated carbocycles. The van der Waals surface area contributed by atoms with E-state index in [0.29, 0.717) is 18.0 Å². The Morgan fingerprint density at radius 1 is 1.14 bits per heavy atom. The van der Waals surface area contributed by atoms with E-state index >= 15 is 0 Å². The van der Waals surface area contributed by atoms with Gasteiger partial charge in [0, 0.05) is 31.7 Å². The maximum atomic E-state index is 3.68. The zero-order valence-corrected chi connectivity index (χ0v) is 13.3. The van der Waals surface area contributed by atoms with E-state index in [1.165, 1.54) is 16.3 Å². The van der Waals surface area contributed by atoms with E-state index in [4.69, 9.17) is 0 Å². The van der Waals surface area contributed by atoms with Crippen LogP contribution in [0.2, 0.25) is 0 Å². The smallest absolute Gasteiger partial charge is 0.0243 e. The monoisotopic (exact) mass is 282 g/mol. The van der Waals surface area contributed by atoms with Crippen molar-refractivity contribution in [3.8, 4) is 0 Å². The first-order chi connectivity index (χ1) is 10.1. The van der Waals surface area contributed by atoms with Gasteiger partial charge in [-0.25, -0.2) is 0 Å². The molecule has 21 heavy (non-hydrogen) atoms. The molecule has 1 aliphatic rings. The quantitative estimate of drug-likeness (QED) is 0.924. The Balaban J connectivity index is 1.83. The predicted molar refractivity (Wildman–Crippen MR) is 90.4 cm³/mol. The highest BCUT2D eigenvalue weighted by Crippen LogP contribution is 2.22. The molecule has 0 aliphatic carbocycles. The summed E-state index contributed by atoms with van der Waals surface area (Å²) in [7, 11) is 0. The summed E-state index contributed by atoms with van der Waals surface area (Å²) in [6.07, 6.45) is 0. The summed E-state index contributed by atoms with van der Waals surface area (Å²) >= 11 is 0. The Morgan fingerprint density at radius 3 is 2.71 bits per heavy atom. The van der Waals surface area contributed by atoms with Crippen LogP contribution in [-0.2, 0) is 6.54 Å². The third-order valence-corrected chi connectivity index (χ3v) is 4.79. The SMILES string of the molecule is CC(C)C1CN(Cc2cccc3ccccc23)C(C)CN1. The molecule has 0 spiro atoms. The van der Waals surface area contributed by atoms with Crippen LogP contribution in [0, 0.1) is 5.92 Å². The second-order valence-corrected chi connectivity index (χ2v) is 6.68. The number of hydrogen-bond donors (Lipinski definition) is 1. The number of piperazine rings is 1. The number of hydrogen-bond acceptors (Lipinski definition) is 2. The third-order valence-electron chi connectivity index (χ3n) is 4.79. The fraction of sp³-hybridized carbons (Fsp3) is 0.474. The Bertz CT molecular complexity index is 600. The molecule has 1 N–H and O–H groups in total. The number of rotatable bonds is 3. The molecule has 1 saturated heterocycles. The lowest BCUT2D eigenvalue weighted by atomic mass is 9.98. The number of nitrogens with one attached hydrogen (secondary N) is 1. The van der Waals surface area contributed by atoms with Gasteiger partial charge in [-0.15, -0.1) is 0 Å². The highest BCUT2D eigenvalue weighted by Gasteiger charge is 2.26. The molecule has 0 radical (unpaired) electrons. The van der Waals surface area contributed by atoms with Crippen LogP contribution in [0.1, 0.15) is 26.3 Å². The number of nitrogens with zero attached hydrogens (tertiary/aromatic N) is 1. The van der Waals surface area contributed by atoms with Crippen molar-refractivity contribution in [1.82, 2.24) is 10.2 Å². The first-order valence-electron chi connectivity index (χ1n) is 8.09. The van der Waals surface area contributed by atoms with E-state index < -0.39 is 0 Å². The lowest BCUT2D eigenvalue weighted by molar-refractivity contribution is 0.116. The van der Waals surface area contributed by atoms with Crippen molar-refractivity contribution in [2.45, 2.75) is 39.4 Å². The van der Waals surface area contributed by atoms with Crippen molar-refractivity contribution >= 4 is 10.8 Å². The second kappa shape index (κ2) is 6.17. The molecule has 2 nitrogen and oxygen atoms in total. The largest absolute Gasteiger partial charge is 0.311 e. The van der Waals surface area contributed by atoms with Crippen LogP contribution < -0.4 is 5.32 Å². The van der Waals surface area contributed by atoms with E-state index in [-0.39, 0.29) is 0 Å². The number of benzene rings is 2. The fourth-order valence-corrected chi connectivity index (χ4v) is 3.26. The molecule has 2 aromatic carbocycles. The van der Waals surface area contributed by atoms with Crippen LogP contribution in [-0.4, -0.2) is 30.1 Å². The molecule has 2 aromatic rings. The summed E-state index contributed by atoms with van der Waals surface area (Å²) in [6.45, 7) is 10.2. The molecular weight excluding hydrogens is 256 g/mol. The molecule has 0 amide bonds. The minimum absolute atomic E-state index is 0.596. The lowest BCUT2D eigenvalue weighted by Gasteiger charge is -2.40. The maximum absolute atomic E-state index is 3.68. The average Bonchev–Trinajstić information content (AvgIpc) is 2.49. The Morgan fingerprint density at radius 2 is 1.90 bits per heavy atom. The molecule has 0 aromatic heterocycles. The second-order valence-electron chi connectivity index (χ2n) is 6.68. The third kappa shape index (κ3) is 3.12. The normalized spacial score (nSPS) is 23.8. The van der Waals surface area contributed by atoms with Gasteiger partial charge >= 0.3 is 0 Å². The molecule has 112 valence electrons. The van der Waals surface area contributed by atoms with Crippen LogP contribution in [0.5, 0.6) is 0 Å². The standard InChI is InChI=1S/C19H26N2/c1-14(2)19-13-21(15(3)11-20-19)12-17-9-6-8-16-7-4-5-10-18(16)17/h4-10,14-15,19-20H,11-13H2,1-3H3. The topological polar surface area (TPSA) is 15.3 Å². The van der Waals surface area contributed by atoms with Gasteiger partial charge in [-0.2, -0.15) is 0 Å². The van der Waals surface area contributed by atoms with Gasteiger partial charge in [0.25, 0.3) is 0 Å². The van der Waals surface area contributed by atoms with Crippen LogP contribution in [0.15, 0.2) is 42.5 Å². The summed E-state index contributed by atoms with van der Waals surface area (Å²) < 4.78 is 0. The first-order valence-corrected chi connectivity index (χ1v) is 8.09. The number of fused-ring (bicyclic) bond motifs is 1. The summed E-state index contributed by atoms with van der Waals surface area (Å²) in [5.74, 6) is 0.688. The van der Waals surface area contributed by atoms with E-state index in [1.54, 1.807) is 0 Å². The molecular formula is C19H26N2. The minimum atomic E-state index is 0.596. The van der Waals surface area contributed by atoms with Crippen LogP contribution in [0.4, 0.5) is 0 Å². The lowest BCUT2D eigenvalue weighted by Crippen LogP contribution is -2.56.